The average molecular weight is 2020 g/mol. The molecule has 53 heteroatoms. The minimum atomic E-state index is -1.67. The van der Waals surface area contributed by atoms with E-state index in [9.17, 15) is 33.6 Å². The Hall–Kier alpha value is -11.7. The number of aromatic carboxylic acids is 1. The molecule has 1 unspecified atom stereocenters. The molecule has 18 rings (SSSR count). The number of nitrogens with zero attached hydrogens (tertiary/aromatic N) is 23. The minimum Gasteiger partial charge on any atom is -0.476 e. The molecule has 3 aliphatic heterocycles. The fourth-order valence-electron chi connectivity index (χ4n) is 11.6. The molecule has 3 aliphatic rings. The first kappa shape index (κ1) is 107. The van der Waals surface area contributed by atoms with Crippen molar-refractivity contribution in [2.75, 3.05) is 124 Å². The summed E-state index contributed by atoms with van der Waals surface area (Å²) >= 11 is 38.8. The summed E-state index contributed by atoms with van der Waals surface area (Å²) < 4.78 is 35.6. The van der Waals surface area contributed by atoms with E-state index in [1.165, 1.54) is 75.2 Å². The van der Waals surface area contributed by atoms with E-state index in [1.54, 1.807) is 117 Å². The number of imidazole rings is 5. The normalized spacial score (nSPS) is 13.1. The summed E-state index contributed by atoms with van der Waals surface area (Å²) in [4.78, 5) is 121. The van der Waals surface area contributed by atoms with E-state index in [-0.39, 0.29) is 69.9 Å². The lowest BCUT2D eigenvalue weighted by molar-refractivity contribution is -0.143. The number of aldehydes is 1. The molecule has 2 amide bonds. The molecule has 15 aromatic rings. The first-order valence-corrected chi connectivity index (χ1v) is 44.6. The van der Waals surface area contributed by atoms with Crippen LogP contribution in [-0.4, -0.2) is 298 Å². The molecule has 0 saturated carbocycles. The standard InChI is InChI=1S/C19H19N7O2.C12H14ClN5O.C9H8ClN3O2.C7H6BN2O2.C7H3Cl2N3O.C7H4ClN3O2.C6H13N.C5H5ClN2.C5H7ClO3.C2H6O.Cl2OS.H2O/c1-24-6-8-25(9-7-24)18(27)15-11-21-17-5-3-13(23-26(15)17)12-2-4-16-14(10-12)22-19(20)28-16;1-16-4-6-17(7-5-16)12(19)9-8-14-11-3-2-10(13)15-18(9)11;1-2-15-9(14)6-5-11-8-4-3-7(10)12-13(6)8;9-7-10-5-3-4(8-11)1-2-6(5)12-7;8-5-1-2-6-10-3-4(7(9)13)12(6)11-5;8-5-1-2-6-9-3-4(7(12)13)11(6)10-5;1-7-5-3-2-4-6-7;6-4-1-2-5(7)8-3-4;1-2-9-5(8)4(6)3-7;1-2-3;1-4(2)3;/h2-5,10-11H,6-9H2,1H3,(H2,20,22);2-3,8H,4-7H2,1H3;3-5H,2H2,1H3;1-3,11H,(H2,9,10);1-3H;1-3H,(H,12,13);2-6H2,1H3;1-3H,(H2,7,8);3-4H,2H2,1H3;3H,2H2,1H3;;1H2. The molecular formula is C79H87BCl9N26O16S. The number of piperidine rings is 1. The molecule has 0 spiro atoms. The predicted molar refractivity (Wildman–Crippen MR) is 502 cm³/mol. The second-order valence-corrected chi connectivity index (χ2v) is 32.4. The molecule has 1 atom stereocenters. The highest BCUT2D eigenvalue weighted by Gasteiger charge is 2.27. The van der Waals surface area contributed by atoms with E-state index in [4.69, 9.17) is 131 Å². The van der Waals surface area contributed by atoms with Gasteiger partial charge in [-0.15, -0.1) is 11.6 Å². The van der Waals surface area contributed by atoms with Crippen LogP contribution in [0, 0.1) is 0 Å². The number of piperazine rings is 2. The Balaban J connectivity index is 0.000000207. The maximum Gasteiger partial charge on any atom is 0.358 e. The van der Waals surface area contributed by atoms with Crippen LogP contribution in [0.25, 0.3) is 61.7 Å². The fourth-order valence-corrected chi connectivity index (χ4v) is 12.4. The molecule has 11 N–H and O–H groups in total. The van der Waals surface area contributed by atoms with Crippen LogP contribution >= 0.6 is 103 Å². The number of nitrogen functional groups attached to an aromatic ring is 3. The number of hydrogen-bond donors (Lipinski definition) is 6. The van der Waals surface area contributed by atoms with Crippen molar-refractivity contribution in [1.29, 1.82) is 0 Å². The lowest BCUT2D eigenvalue weighted by Gasteiger charge is -2.32. The van der Waals surface area contributed by atoms with Gasteiger partial charge < -0.3 is 85.5 Å². The zero-order valence-electron chi connectivity index (χ0n) is 71.0. The lowest BCUT2D eigenvalue weighted by Crippen LogP contribution is -2.47. The number of carboxylic acid groups (broad SMARTS) is 1. The van der Waals surface area contributed by atoms with E-state index in [2.05, 4.69) is 127 Å². The van der Waals surface area contributed by atoms with Gasteiger partial charge in [0, 0.05) is 92.1 Å². The van der Waals surface area contributed by atoms with Crippen molar-refractivity contribution >= 4 is 234 Å². The largest absolute Gasteiger partial charge is 0.476 e. The highest BCUT2D eigenvalue weighted by molar-refractivity contribution is 8.26. The van der Waals surface area contributed by atoms with Crippen molar-refractivity contribution in [3.05, 3.63) is 200 Å². The quantitative estimate of drug-likeness (QED) is 0.0175. The number of aliphatic hydroxyl groups excluding tert-OH is 1. The number of halogens is 9. The van der Waals surface area contributed by atoms with Gasteiger partial charge in [0.2, 0.25) is 9.23 Å². The van der Waals surface area contributed by atoms with Crippen LogP contribution in [0.3, 0.4) is 0 Å². The summed E-state index contributed by atoms with van der Waals surface area (Å²) in [5.74, 6) is -1.83. The van der Waals surface area contributed by atoms with Crippen LogP contribution in [0.15, 0.2) is 155 Å². The van der Waals surface area contributed by atoms with Crippen molar-refractivity contribution in [2.45, 2.75) is 45.4 Å². The maximum atomic E-state index is 13.0. The highest BCUT2D eigenvalue weighted by atomic mass is 36.0. The van der Waals surface area contributed by atoms with E-state index in [1.807, 2.05) is 40.1 Å². The number of likely N-dealkylation sites (tertiary alicyclic amines) is 1. The van der Waals surface area contributed by atoms with Gasteiger partial charge in [-0.2, -0.15) is 35.5 Å². The van der Waals surface area contributed by atoms with Crippen molar-refractivity contribution in [2.24, 2.45) is 0 Å². The smallest absolute Gasteiger partial charge is 0.358 e. The molecule has 3 saturated heterocycles. The second-order valence-electron chi connectivity index (χ2n) is 27.1. The van der Waals surface area contributed by atoms with Crippen LogP contribution in [0.2, 0.25) is 25.6 Å². The molecule has 42 nitrogen and oxygen atoms in total. The Labute approximate surface area is 798 Å². The summed E-state index contributed by atoms with van der Waals surface area (Å²) in [6, 6.07) is 31.1. The Kier molecular flexibility index (Phi) is 43.7. The molecule has 3 fully saturated rings. The second kappa shape index (κ2) is 53.7. The van der Waals surface area contributed by atoms with E-state index in [0.717, 1.165) is 52.3 Å². The summed E-state index contributed by atoms with van der Waals surface area (Å²) in [7, 11) is 14.7. The number of pyridine rings is 1. The first-order chi connectivity index (χ1) is 62.6. The highest BCUT2D eigenvalue weighted by Crippen LogP contribution is 2.26. The number of alkyl halides is 1. The monoisotopic (exact) mass is 2010 g/mol. The molecule has 132 heavy (non-hydrogen) atoms. The third kappa shape index (κ3) is 32.4. The average Bonchev–Trinajstić information content (AvgIpc) is 1.64. The van der Waals surface area contributed by atoms with Crippen LogP contribution in [0.5, 0.6) is 0 Å². The number of oxazole rings is 2. The maximum absolute atomic E-state index is 13.0. The zero-order valence-corrected chi connectivity index (χ0v) is 78.6. The van der Waals surface area contributed by atoms with Crippen molar-refractivity contribution in [3.8, 4) is 11.3 Å². The molecule has 1 radical (unpaired) electrons. The SMILES string of the molecule is CCO.CCOC(=O)C(Cl)C=O.CCOC(=O)c1cnc2ccc(Cl)nn12.CN1CCCCC1.CN1CCN(C(=O)c2cnc3ccc(-c4ccc5oc(N)nc5c4)nn23)CC1.CN1CCN(C(=O)c2cnc3ccc(Cl)nn23)CC1.Nc1ccc(Cl)cn1.Nc1nc2cc([B]O)ccc2o1.O.O=C(Cl)c1cnc2ccc(Cl)nn12.O=C(O)c1cnc2ccc(Cl)nn12.O=S(Cl)Cl. The number of carboxylic acids is 1. The number of aliphatic hydroxyl groups is 1. The molecule has 0 aliphatic carbocycles. The van der Waals surface area contributed by atoms with Gasteiger partial charge in [0.1, 0.15) is 49.4 Å². The Morgan fingerprint density at radius 2 is 0.894 bits per heavy atom. The van der Waals surface area contributed by atoms with Crippen LogP contribution in [-0.2, 0) is 28.3 Å². The van der Waals surface area contributed by atoms with Gasteiger partial charge in [0.25, 0.3) is 29.1 Å². The van der Waals surface area contributed by atoms with Gasteiger partial charge in [-0.3, -0.25) is 14.4 Å². The number of carbonyl (C=O) groups excluding carboxylic acids is 6. The van der Waals surface area contributed by atoms with Gasteiger partial charge in [-0.05, 0) is 183 Å². The number of fused-ring (bicyclic) bond motifs is 7. The van der Waals surface area contributed by atoms with Crippen LogP contribution in [0.4, 0.5) is 17.8 Å². The number of aromatic nitrogens is 18. The van der Waals surface area contributed by atoms with Gasteiger partial charge in [0.15, 0.2) is 67.6 Å². The lowest BCUT2D eigenvalue weighted by atomic mass is 9.89. The van der Waals surface area contributed by atoms with Gasteiger partial charge in [-0.1, -0.05) is 76.0 Å². The van der Waals surface area contributed by atoms with Crippen molar-refractivity contribution in [1.82, 2.24) is 112 Å². The first-order valence-electron chi connectivity index (χ1n) is 39.0. The van der Waals surface area contributed by atoms with Gasteiger partial charge in [0.05, 0.1) is 54.9 Å². The molecule has 16 heterocycles. The van der Waals surface area contributed by atoms with E-state index >= 15 is 0 Å². The number of amides is 2. The number of esters is 2. The number of ether oxygens (including phenoxy) is 2. The zero-order chi connectivity index (χ0) is 95.5. The number of nitrogens with two attached hydrogens (primary N) is 3. The van der Waals surface area contributed by atoms with Gasteiger partial charge >= 0.3 is 25.4 Å². The van der Waals surface area contributed by atoms with E-state index in [0.29, 0.717) is 120 Å². The molecule has 0 bridgehead atoms. The Morgan fingerprint density at radius 1 is 0.508 bits per heavy atom. The summed E-state index contributed by atoms with van der Waals surface area (Å²) in [5.41, 5.74) is 25.2. The number of carbonyl (C=O) groups is 7. The fraction of sp³-hybridized carbons (Fsp3) is 0.291. The Bertz CT molecular complexity index is 6240. The number of anilines is 3. The van der Waals surface area contributed by atoms with Crippen molar-refractivity contribution < 1.29 is 76.8 Å². The summed E-state index contributed by atoms with van der Waals surface area (Å²) in [6.45, 7) is 14.9. The minimum absolute atomic E-state index is 0. The van der Waals surface area contributed by atoms with Crippen LogP contribution in [0.1, 0.15) is 92.5 Å². The number of benzene rings is 2. The number of hydrogen-bond acceptors (Lipinski definition) is 33. The summed E-state index contributed by atoms with van der Waals surface area (Å²) in [5, 5.41) is 45.4. The predicted octanol–water partition coefficient (Wildman–Crippen LogP) is 9.32. The molecule has 13 aromatic heterocycles. The Morgan fingerprint density at radius 3 is 1.29 bits per heavy atom. The van der Waals surface area contributed by atoms with Crippen LogP contribution < -0.4 is 22.7 Å². The van der Waals surface area contributed by atoms with Gasteiger partial charge in [-0.25, -0.2) is 71.1 Å². The molecule has 2 aromatic carbocycles. The topological polar surface area (TPSA) is 557 Å². The molecule has 701 valence electrons. The summed E-state index contributed by atoms with van der Waals surface area (Å²) in [6.07, 6.45) is 13.3. The molecular weight excluding hydrogens is 1930 g/mol. The third-order valence-corrected chi connectivity index (χ3v) is 19.3. The van der Waals surface area contributed by atoms with E-state index < -0.39 is 37.8 Å². The van der Waals surface area contributed by atoms with Crippen molar-refractivity contribution in [3.63, 3.8) is 0 Å². The number of rotatable bonds is 11. The third-order valence-electron chi connectivity index (χ3n) is 17.8. The number of likely N-dealkylation sites (N-methyl/N-ethyl adjacent to an activating group) is 2.